The van der Waals surface area contributed by atoms with E-state index in [1.54, 1.807) is 4.90 Å². The zero-order valence-electron chi connectivity index (χ0n) is 11.1. The lowest BCUT2D eigenvalue weighted by atomic mass is 10.1. The molecule has 19 heavy (non-hydrogen) atoms. The first-order chi connectivity index (χ1) is 8.92. The molecule has 0 amide bonds. The summed E-state index contributed by atoms with van der Waals surface area (Å²) in [5, 5.41) is 17.9. The standard InChI is InChI=1S/C14H17FN2O2/c1-10(2)7-17(9-14(18)19)8-12-5-13(15)4-3-11(12)6-16/h3-5,10H,7-9H2,1-2H3,(H,18,19). The van der Waals surface area contributed by atoms with Crippen molar-refractivity contribution in [2.75, 3.05) is 13.1 Å². The van der Waals surface area contributed by atoms with Crippen molar-refractivity contribution < 1.29 is 14.3 Å². The highest BCUT2D eigenvalue weighted by atomic mass is 19.1. The van der Waals surface area contributed by atoms with Crippen LogP contribution in [0.4, 0.5) is 4.39 Å². The number of nitriles is 1. The Labute approximate surface area is 112 Å². The monoisotopic (exact) mass is 264 g/mol. The lowest BCUT2D eigenvalue weighted by Crippen LogP contribution is -2.32. The van der Waals surface area contributed by atoms with E-state index >= 15 is 0 Å². The fraction of sp³-hybridized carbons (Fsp3) is 0.429. The summed E-state index contributed by atoms with van der Waals surface area (Å²) in [4.78, 5) is 12.5. The van der Waals surface area contributed by atoms with Crippen LogP contribution in [0.2, 0.25) is 0 Å². The predicted octanol–water partition coefficient (Wildman–Crippen LogP) is 2.24. The molecule has 0 atom stereocenters. The van der Waals surface area contributed by atoms with Gasteiger partial charge < -0.3 is 5.11 Å². The molecule has 0 bridgehead atoms. The highest BCUT2D eigenvalue weighted by Crippen LogP contribution is 2.14. The van der Waals surface area contributed by atoms with Crippen LogP contribution in [0.25, 0.3) is 0 Å². The maximum Gasteiger partial charge on any atom is 0.317 e. The smallest absolute Gasteiger partial charge is 0.317 e. The van der Waals surface area contributed by atoms with E-state index in [9.17, 15) is 9.18 Å². The molecule has 5 heteroatoms. The van der Waals surface area contributed by atoms with E-state index in [-0.39, 0.29) is 13.1 Å². The maximum absolute atomic E-state index is 13.2. The van der Waals surface area contributed by atoms with E-state index in [1.165, 1.54) is 18.2 Å². The van der Waals surface area contributed by atoms with Gasteiger partial charge >= 0.3 is 5.97 Å². The van der Waals surface area contributed by atoms with Crippen LogP contribution < -0.4 is 0 Å². The molecule has 0 spiro atoms. The summed E-state index contributed by atoms with van der Waals surface area (Å²) in [5.41, 5.74) is 0.893. The van der Waals surface area contributed by atoms with Gasteiger partial charge in [-0.15, -0.1) is 0 Å². The Kier molecular flexibility index (Phi) is 5.46. The number of benzene rings is 1. The molecular formula is C14H17FN2O2. The summed E-state index contributed by atoms with van der Waals surface area (Å²) in [6.07, 6.45) is 0. The van der Waals surface area contributed by atoms with Gasteiger partial charge in [0.2, 0.25) is 0 Å². The van der Waals surface area contributed by atoms with Gasteiger partial charge in [-0.25, -0.2) is 4.39 Å². The number of halogens is 1. The second-order valence-corrected chi connectivity index (χ2v) is 4.87. The molecule has 0 saturated carbocycles. The molecule has 0 aromatic heterocycles. The molecule has 0 aliphatic carbocycles. The summed E-state index contributed by atoms with van der Waals surface area (Å²) in [6, 6.07) is 5.92. The number of carboxylic acids is 1. The number of aliphatic carboxylic acids is 1. The molecule has 1 aromatic rings. The quantitative estimate of drug-likeness (QED) is 0.855. The van der Waals surface area contributed by atoms with E-state index in [1.807, 2.05) is 19.9 Å². The van der Waals surface area contributed by atoms with Crippen molar-refractivity contribution >= 4 is 5.97 Å². The number of carbonyl (C=O) groups is 1. The van der Waals surface area contributed by atoms with E-state index in [2.05, 4.69) is 0 Å². The fourth-order valence-corrected chi connectivity index (χ4v) is 1.94. The lowest BCUT2D eigenvalue weighted by Gasteiger charge is -2.22. The fourth-order valence-electron chi connectivity index (χ4n) is 1.94. The molecule has 0 aliphatic rings. The van der Waals surface area contributed by atoms with Gasteiger partial charge in [0.05, 0.1) is 18.2 Å². The summed E-state index contributed by atoms with van der Waals surface area (Å²) in [7, 11) is 0. The molecule has 102 valence electrons. The van der Waals surface area contributed by atoms with E-state index in [0.29, 0.717) is 23.6 Å². The van der Waals surface area contributed by atoms with Gasteiger partial charge in [0.1, 0.15) is 5.82 Å². The van der Waals surface area contributed by atoms with E-state index in [4.69, 9.17) is 10.4 Å². The van der Waals surface area contributed by atoms with Gasteiger partial charge in [-0.1, -0.05) is 13.8 Å². The van der Waals surface area contributed by atoms with Gasteiger partial charge in [0.15, 0.2) is 0 Å². The first-order valence-corrected chi connectivity index (χ1v) is 6.05. The Balaban J connectivity index is 2.92. The first kappa shape index (κ1) is 15.1. The minimum Gasteiger partial charge on any atom is -0.480 e. The summed E-state index contributed by atoms with van der Waals surface area (Å²) in [5.74, 6) is -1.07. The third kappa shape index (κ3) is 5.06. The third-order valence-electron chi connectivity index (χ3n) is 2.56. The molecule has 0 unspecified atom stereocenters. The van der Waals surface area contributed by atoms with Gasteiger partial charge in [0.25, 0.3) is 0 Å². The molecule has 1 N–H and O–H groups in total. The van der Waals surface area contributed by atoms with Crippen LogP contribution in [0, 0.1) is 23.1 Å². The Morgan fingerprint density at radius 1 is 1.53 bits per heavy atom. The number of rotatable bonds is 6. The van der Waals surface area contributed by atoms with Crippen LogP contribution in [0.5, 0.6) is 0 Å². The molecule has 0 fully saturated rings. The van der Waals surface area contributed by atoms with Gasteiger partial charge in [-0.05, 0) is 29.7 Å². The van der Waals surface area contributed by atoms with Crippen molar-refractivity contribution in [1.29, 1.82) is 5.26 Å². The Bertz CT molecular complexity index is 495. The van der Waals surface area contributed by atoms with Crippen molar-refractivity contribution in [2.45, 2.75) is 20.4 Å². The van der Waals surface area contributed by atoms with Crippen molar-refractivity contribution in [2.24, 2.45) is 5.92 Å². The second kappa shape index (κ2) is 6.86. The predicted molar refractivity (Wildman–Crippen MR) is 68.9 cm³/mol. The second-order valence-electron chi connectivity index (χ2n) is 4.87. The van der Waals surface area contributed by atoms with E-state index < -0.39 is 11.8 Å². The molecule has 0 heterocycles. The Hall–Kier alpha value is -1.93. The SMILES string of the molecule is CC(C)CN(CC(=O)O)Cc1cc(F)ccc1C#N. The zero-order chi connectivity index (χ0) is 14.4. The number of nitrogens with zero attached hydrogens (tertiary/aromatic N) is 2. The van der Waals surface area contributed by atoms with Crippen LogP contribution in [-0.4, -0.2) is 29.1 Å². The molecular weight excluding hydrogens is 247 g/mol. The summed E-state index contributed by atoms with van der Waals surface area (Å²) >= 11 is 0. The highest BCUT2D eigenvalue weighted by molar-refractivity contribution is 5.69. The zero-order valence-corrected chi connectivity index (χ0v) is 11.1. The minimum atomic E-state index is -0.935. The minimum absolute atomic E-state index is 0.125. The molecule has 0 radical (unpaired) electrons. The number of hydrogen-bond acceptors (Lipinski definition) is 3. The van der Waals surface area contributed by atoms with Gasteiger partial charge in [0, 0.05) is 13.1 Å². The average Bonchev–Trinajstić information content (AvgIpc) is 2.27. The highest BCUT2D eigenvalue weighted by Gasteiger charge is 2.14. The lowest BCUT2D eigenvalue weighted by molar-refractivity contribution is -0.138. The van der Waals surface area contributed by atoms with Crippen LogP contribution in [-0.2, 0) is 11.3 Å². The average molecular weight is 264 g/mol. The van der Waals surface area contributed by atoms with Crippen LogP contribution in [0.15, 0.2) is 18.2 Å². The first-order valence-electron chi connectivity index (χ1n) is 6.05. The molecule has 4 nitrogen and oxygen atoms in total. The normalized spacial score (nSPS) is 10.7. The molecule has 1 rings (SSSR count). The summed E-state index contributed by atoms with van der Waals surface area (Å²) in [6.45, 7) is 4.66. The maximum atomic E-state index is 13.2. The van der Waals surface area contributed by atoms with Gasteiger partial charge in [-0.3, -0.25) is 9.69 Å². The Morgan fingerprint density at radius 2 is 2.21 bits per heavy atom. The van der Waals surface area contributed by atoms with Crippen molar-refractivity contribution in [1.82, 2.24) is 4.90 Å². The summed E-state index contributed by atoms with van der Waals surface area (Å²) < 4.78 is 13.2. The topological polar surface area (TPSA) is 64.3 Å². The van der Waals surface area contributed by atoms with Crippen molar-refractivity contribution in [3.05, 3.63) is 35.1 Å². The number of hydrogen-bond donors (Lipinski definition) is 1. The molecule has 0 aliphatic heterocycles. The van der Waals surface area contributed by atoms with Crippen molar-refractivity contribution in [3.63, 3.8) is 0 Å². The largest absolute Gasteiger partial charge is 0.480 e. The molecule has 0 saturated heterocycles. The third-order valence-corrected chi connectivity index (χ3v) is 2.56. The van der Waals surface area contributed by atoms with Crippen molar-refractivity contribution in [3.8, 4) is 6.07 Å². The van der Waals surface area contributed by atoms with E-state index in [0.717, 1.165) is 0 Å². The van der Waals surface area contributed by atoms with Crippen LogP contribution in [0.1, 0.15) is 25.0 Å². The number of carboxylic acid groups (broad SMARTS) is 1. The molecule has 1 aromatic carbocycles. The Morgan fingerprint density at radius 3 is 2.74 bits per heavy atom. The van der Waals surface area contributed by atoms with Crippen LogP contribution >= 0.6 is 0 Å². The van der Waals surface area contributed by atoms with Gasteiger partial charge in [-0.2, -0.15) is 5.26 Å². The van der Waals surface area contributed by atoms with Crippen LogP contribution in [0.3, 0.4) is 0 Å².